The number of anilines is 1. The molecule has 0 saturated heterocycles. The number of thiophene rings is 1. The number of nitrogens with one attached hydrogen (secondary N) is 2. The van der Waals surface area contributed by atoms with Gasteiger partial charge in [0.25, 0.3) is 0 Å². The zero-order valence-corrected chi connectivity index (χ0v) is 15.7. The molecule has 0 fully saturated rings. The second-order valence-electron chi connectivity index (χ2n) is 5.85. The van der Waals surface area contributed by atoms with Gasteiger partial charge in [-0.1, -0.05) is 24.3 Å². The highest BCUT2D eigenvalue weighted by molar-refractivity contribution is 7.10. The second-order valence-corrected chi connectivity index (χ2v) is 6.83. The molecule has 2 amide bonds. The highest BCUT2D eigenvalue weighted by atomic mass is 32.1. The smallest absolute Gasteiger partial charge is 0.239 e. The number of nitrogens with zero attached hydrogens (tertiary/aromatic N) is 1. The Morgan fingerprint density at radius 1 is 1.20 bits per heavy atom. The maximum absolute atomic E-state index is 12.2. The summed E-state index contributed by atoms with van der Waals surface area (Å²) in [5.41, 5.74) is 1.87. The maximum Gasteiger partial charge on any atom is 0.239 e. The van der Waals surface area contributed by atoms with Crippen molar-refractivity contribution in [3.8, 4) is 0 Å². The van der Waals surface area contributed by atoms with Crippen molar-refractivity contribution in [3.05, 3.63) is 52.2 Å². The lowest BCUT2D eigenvalue weighted by Crippen LogP contribution is -2.32. The van der Waals surface area contributed by atoms with Gasteiger partial charge >= 0.3 is 0 Å². The number of para-hydroxylation sites is 1. The van der Waals surface area contributed by atoms with Crippen molar-refractivity contribution in [2.24, 2.45) is 0 Å². The quantitative estimate of drug-likeness (QED) is 0.759. The Morgan fingerprint density at radius 2 is 1.96 bits per heavy atom. The van der Waals surface area contributed by atoms with E-state index in [9.17, 15) is 9.59 Å². The molecule has 1 heterocycles. The average molecular weight is 359 g/mol. The normalized spacial score (nSPS) is 11.6. The lowest BCUT2D eigenvalue weighted by Gasteiger charge is -2.21. The fourth-order valence-electron chi connectivity index (χ4n) is 2.56. The Balaban J connectivity index is 1.94. The van der Waals surface area contributed by atoms with Gasteiger partial charge in [0.15, 0.2) is 0 Å². The average Bonchev–Trinajstić information content (AvgIpc) is 3.13. The van der Waals surface area contributed by atoms with Crippen LogP contribution in [0.3, 0.4) is 0 Å². The molecule has 0 radical (unpaired) electrons. The first-order chi connectivity index (χ1) is 12.0. The van der Waals surface area contributed by atoms with E-state index in [0.29, 0.717) is 13.1 Å². The van der Waals surface area contributed by atoms with Gasteiger partial charge in [-0.25, -0.2) is 0 Å². The van der Waals surface area contributed by atoms with Crippen molar-refractivity contribution in [1.82, 2.24) is 10.2 Å². The van der Waals surface area contributed by atoms with Gasteiger partial charge in [-0.2, -0.15) is 0 Å². The first-order valence-corrected chi connectivity index (χ1v) is 9.29. The highest BCUT2D eigenvalue weighted by Crippen LogP contribution is 2.19. The molecule has 0 aliphatic carbocycles. The molecule has 25 heavy (non-hydrogen) atoms. The van der Waals surface area contributed by atoms with Gasteiger partial charge in [-0.3, -0.25) is 9.59 Å². The monoisotopic (exact) mass is 359 g/mol. The van der Waals surface area contributed by atoms with E-state index in [2.05, 4.69) is 10.6 Å². The van der Waals surface area contributed by atoms with E-state index in [1.807, 2.05) is 55.6 Å². The van der Waals surface area contributed by atoms with Crippen LogP contribution in [0.2, 0.25) is 0 Å². The standard InChI is InChI=1S/C19H25N3O2S/c1-4-22(15(3)23)13-16-8-5-6-9-17(16)20-12-19(24)21-14(2)18-10-7-11-25-18/h5-11,14,20H,4,12-13H2,1-3H3,(H,21,24). The molecule has 0 aliphatic rings. The number of hydrogen-bond acceptors (Lipinski definition) is 4. The number of benzene rings is 1. The van der Waals surface area contributed by atoms with Crippen molar-refractivity contribution in [2.75, 3.05) is 18.4 Å². The van der Waals surface area contributed by atoms with Crippen LogP contribution in [-0.4, -0.2) is 29.8 Å². The third-order valence-electron chi connectivity index (χ3n) is 3.99. The lowest BCUT2D eigenvalue weighted by atomic mass is 10.1. The van der Waals surface area contributed by atoms with E-state index in [-0.39, 0.29) is 24.4 Å². The fourth-order valence-corrected chi connectivity index (χ4v) is 3.29. The Morgan fingerprint density at radius 3 is 2.60 bits per heavy atom. The molecule has 1 atom stereocenters. The molecule has 2 aromatic rings. The number of carbonyl (C=O) groups excluding carboxylic acids is 2. The summed E-state index contributed by atoms with van der Waals surface area (Å²) >= 11 is 1.63. The zero-order chi connectivity index (χ0) is 18.2. The van der Waals surface area contributed by atoms with Crippen LogP contribution in [0, 0.1) is 0 Å². The van der Waals surface area contributed by atoms with Gasteiger partial charge in [0.05, 0.1) is 12.6 Å². The molecule has 1 aromatic heterocycles. The van der Waals surface area contributed by atoms with E-state index in [4.69, 9.17) is 0 Å². The number of amides is 2. The van der Waals surface area contributed by atoms with Gasteiger partial charge < -0.3 is 15.5 Å². The molecule has 0 aliphatic heterocycles. The van der Waals surface area contributed by atoms with Gasteiger partial charge in [0, 0.05) is 30.6 Å². The minimum Gasteiger partial charge on any atom is -0.376 e. The van der Waals surface area contributed by atoms with E-state index in [1.54, 1.807) is 23.2 Å². The van der Waals surface area contributed by atoms with Crippen LogP contribution < -0.4 is 10.6 Å². The second kappa shape index (κ2) is 9.22. The van der Waals surface area contributed by atoms with Gasteiger partial charge in [-0.15, -0.1) is 11.3 Å². The summed E-state index contributed by atoms with van der Waals surface area (Å²) < 4.78 is 0. The van der Waals surface area contributed by atoms with E-state index < -0.39 is 0 Å². The van der Waals surface area contributed by atoms with Crippen molar-refractivity contribution in [3.63, 3.8) is 0 Å². The molecule has 6 heteroatoms. The molecular formula is C19H25N3O2S. The summed E-state index contributed by atoms with van der Waals surface area (Å²) in [6, 6.07) is 11.7. The summed E-state index contributed by atoms with van der Waals surface area (Å²) in [5.74, 6) is -0.0190. The first-order valence-electron chi connectivity index (χ1n) is 8.41. The van der Waals surface area contributed by atoms with Crippen LogP contribution in [0.15, 0.2) is 41.8 Å². The van der Waals surface area contributed by atoms with Crippen molar-refractivity contribution < 1.29 is 9.59 Å². The van der Waals surface area contributed by atoms with Crippen LogP contribution in [-0.2, 0) is 16.1 Å². The molecular weight excluding hydrogens is 334 g/mol. The number of carbonyl (C=O) groups is 2. The Hall–Kier alpha value is -2.34. The van der Waals surface area contributed by atoms with Crippen LogP contribution >= 0.6 is 11.3 Å². The molecule has 2 N–H and O–H groups in total. The molecule has 0 saturated carbocycles. The van der Waals surface area contributed by atoms with E-state index >= 15 is 0 Å². The molecule has 1 unspecified atom stereocenters. The Kier molecular flexibility index (Phi) is 7.01. The van der Waals surface area contributed by atoms with Crippen LogP contribution in [0.25, 0.3) is 0 Å². The SMILES string of the molecule is CCN(Cc1ccccc1NCC(=O)NC(C)c1cccs1)C(C)=O. The summed E-state index contributed by atoms with van der Waals surface area (Å²) in [6.45, 7) is 6.88. The topological polar surface area (TPSA) is 61.4 Å². The number of hydrogen-bond donors (Lipinski definition) is 2. The van der Waals surface area contributed by atoms with Crippen LogP contribution in [0.4, 0.5) is 5.69 Å². The zero-order valence-electron chi connectivity index (χ0n) is 14.9. The van der Waals surface area contributed by atoms with Gasteiger partial charge in [-0.05, 0) is 36.9 Å². The number of rotatable bonds is 8. The molecule has 134 valence electrons. The largest absolute Gasteiger partial charge is 0.376 e. The molecule has 1 aromatic carbocycles. The molecule has 5 nitrogen and oxygen atoms in total. The summed E-state index contributed by atoms with van der Waals surface area (Å²) in [7, 11) is 0. The third kappa shape index (κ3) is 5.60. The summed E-state index contributed by atoms with van der Waals surface area (Å²) in [4.78, 5) is 26.7. The predicted octanol–water partition coefficient (Wildman–Crippen LogP) is 3.41. The maximum atomic E-state index is 12.2. The van der Waals surface area contributed by atoms with Crippen LogP contribution in [0.1, 0.15) is 37.3 Å². The minimum absolute atomic E-state index is 0.00200. The Labute approximate surface area is 153 Å². The Bertz CT molecular complexity index is 700. The van der Waals surface area contributed by atoms with E-state index in [0.717, 1.165) is 16.1 Å². The minimum atomic E-state index is -0.0605. The van der Waals surface area contributed by atoms with Crippen molar-refractivity contribution in [2.45, 2.75) is 33.4 Å². The van der Waals surface area contributed by atoms with Gasteiger partial charge in [0.1, 0.15) is 0 Å². The third-order valence-corrected chi connectivity index (χ3v) is 5.05. The lowest BCUT2D eigenvalue weighted by molar-refractivity contribution is -0.129. The molecule has 0 bridgehead atoms. The molecule has 0 spiro atoms. The van der Waals surface area contributed by atoms with Crippen LogP contribution in [0.5, 0.6) is 0 Å². The molecule has 2 rings (SSSR count). The summed E-state index contributed by atoms with van der Waals surface area (Å²) in [6.07, 6.45) is 0. The first kappa shape index (κ1) is 19.0. The highest BCUT2D eigenvalue weighted by Gasteiger charge is 2.12. The predicted molar refractivity (Wildman–Crippen MR) is 103 cm³/mol. The van der Waals surface area contributed by atoms with Crippen molar-refractivity contribution in [1.29, 1.82) is 0 Å². The summed E-state index contributed by atoms with van der Waals surface area (Å²) in [5, 5.41) is 8.17. The van der Waals surface area contributed by atoms with Gasteiger partial charge in [0.2, 0.25) is 11.8 Å². The van der Waals surface area contributed by atoms with Crippen molar-refractivity contribution >= 4 is 28.8 Å². The van der Waals surface area contributed by atoms with E-state index in [1.165, 1.54) is 0 Å². The fraction of sp³-hybridized carbons (Fsp3) is 0.368.